The van der Waals surface area contributed by atoms with E-state index in [0.717, 1.165) is 17.0 Å². The standard InChI is InChI=1S/C21H22N2O4/c1-14(13-18(24)27-3)22-19-20(15-7-5-4-6-8-15)23(21(19)25)16-9-11-17(26-2)12-10-16/h4-13,19-20,22H,1-3H3/b14-13+/t19-,20+/m1/s1. The number of carbonyl (C=O) groups is 2. The minimum atomic E-state index is -0.463. The number of β-lactam (4-membered cyclic amide) rings is 1. The number of esters is 1. The van der Waals surface area contributed by atoms with Gasteiger partial charge < -0.3 is 19.7 Å². The van der Waals surface area contributed by atoms with Gasteiger partial charge >= 0.3 is 5.97 Å². The molecule has 2 aromatic carbocycles. The average Bonchev–Trinajstić information content (AvgIpc) is 2.70. The van der Waals surface area contributed by atoms with Crippen LogP contribution < -0.4 is 15.0 Å². The van der Waals surface area contributed by atoms with Crippen LogP contribution in [0.2, 0.25) is 0 Å². The molecular formula is C21H22N2O4. The lowest BCUT2D eigenvalue weighted by Crippen LogP contribution is -2.64. The number of carbonyl (C=O) groups excluding carboxylic acids is 2. The van der Waals surface area contributed by atoms with E-state index in [2.05, 4.69) is 10.1 Å². The summed E-state index contributed by atoms with van der Waals surface area (Å²) in [7, 11) is 2.92. The first kappa shape index (κ1) is 18.5. The zero-order valence-corrected chi connectivity index (χ0v) is 15.5. The van der Waals surface area contributed by atoms with E-state index >= 15 is 0 Å². The van der Waals surface area contributed by atoms with Crippen LogP contribution >= 0.6 is 0 Å². The van der Waals surface area contributed by atoms with Crippen LogP contribution in [0, 0.1) is 0 Å². The molecule has 1 heterocycles. The Morgan fingerprint density at radius 1 is 1.07 bits per heavy atom. The van der Waals surface area contributed by atoms with Crippen LogP contribution in [0.25, 0.3) is 0 Å². The lowest BCUT2D eigenvalue weighted by Gasteiger charge is -2.48. The van der Waals surface area contributed by atoms with Crippen LogP contribution in [0.1, 0.15) is 18.5 Å². The number of allylic oxidation sites excluding steroid dienone is 1. The topological polar surface area (TPSA) is 67.9 Å². The molecule has 140 valence electrons. The molecule has 0 unspecified atom stereocenters. The van der Waals surface area contributed by atoms with Gasteiger partial charge in [0.05, 0.1) is 20.3 Å². The normalized spacial score (nSPS) is 19.3. The molecule has 0 aromatic heterocycles. The van der Waals surface area contributed by atoms with E-state index in [-0.39, 0.29) is 11.9 Å². The number of hydrogen-bond acceptors (Lipinski definition) is 5. The zero-order valence-electron chi connectivity index (χ0n) is 15.5. The number of anilines is 1. The second-order valence-corrected chi connectivity index (χ2v) is 6.23. The number of ether oxygens (including phenoxy) is 2. The van der Waals surface area contributed by atoms with Crippen molar-refractivity contribution >= 4 is 17.6 Å². The summed E-state index contributed by atoms with van der Waals surface area (Å²) in [6, 6.07) is 16.5. The van der Waals surface area contributed by atoms with Crippen LogP contribution in [-0.2, 0) is 14.3 Å². The first-order valence-electron chi connectivity index (χ1n) is 8.60. The predicted molar refractivity (Wildman–Crippen MR) is 102 cm³/mol. The van der Waals surface area contributed by atoms with Crippen molar-refractivity contribution in [3.63, 3.8) is 0 Å². The zero-order chi connectivity index (χ0) is 19.4. The van der Waals surface area contributed by atoms with Gasteiger partial charge in [-0.25, -0.2) is 4.79 Å². The van der Waals surface area contributed by atoms with Gasteiger partial charge in [0.25, 0.3) is 5.91 Å². The monoisotopic (exact) mass is 366 g/mol. The summed E-state index contributed by atoms with van der Waals surface area (Å²) >= 11 is 0. The highest BCUT2D eigenvalue weighted by Gasteiger charge is 2.49. The summed E-state index contributed by atoms with van der Waals surface area (Å²) in [5.74, 6) is 0.205. The SMILES string of the molecule is COC(=O)/C=C(\C)N[C@H]1C(=O)N(c2ccc(OC)cc2)[C@H]1c1ccccc1. The Morgan fingerprint density at radius 3 is 2.33 bits per heavy atom. The lowest BCUT2D eigenvalue weighted by atomic mass is 9.87. The highest BCUT2D eigenvalue weighted by molar-refractivity contribution is 6.06. The molecule has 0 radical (unpaired) electrons. The molecule has 2 atom stereocenters. The van der Waals surface area contributed by atoms with Gasteiger partial charge in [-0.3, -0.25) is 4.79 Å². The molecule has 27 heavy (non-hydrogen) atoms. The minimum absolute atomic E-state index is 0.0633. The van der Waals surface area contributed by atoms with Gasteiger partial charge in [-0.15, -0.1) is 0 Å². The van der Waals surface area contributed by atoms with Gasteiger partial charge in [0.2, 0.25) is 0 Å². The van der Waals surface area contributed by atoms with E-state index < -0.39 is 12.0 Å². The van der Waals surface area contributed by atoms with Gasteiger partial charge in [0, 0.05) is 17.5 Å². The van der Waals surface area contributed by atoms with Crippen LogP contribution in [-0.4, -0.2) is 32.1 Å². The number of rotatable bonds is 6. The molecule has 0 bridgehead atoms. The van der Waals surface area contributed by atoms with Gasteiger partial charge in [-0.1, -0.05) is 30.3 Å². The maximum atomic E-state index is 12.9. The van der Waals surface area contributed by atoms with Crippen LogP contribution in [0.15, 0.2) is 66.4 Å². The molecule has 3 rings (SSSR count). The fourth-order valence-electron chi connectivity index (χ4n) is 3.17. The van der Waals surface area contributed by atoms with E-state index in [9.17, 15) is 9.59 Å². The number of methoxy groups -OCH3 is 2. The number of hydrogen-bond donors (Lipinski definition) is 1. The van der Waals surface area contributed by atoms with Crippen LogP contribution in [0.4, 0.5) is 5.69 Å². The molecule has 0 saturated carbocycles. The highest BCUT2D eigenvalue weighted by Crippen LogP contribution is 2.40. The second kappa shape index (κ2) is 7.95. The number of nitrogens with one attached hydrogen (secondary N) is 1. The smallest absolute Gasteiger partial charge is 0.332 e. The van der Waals surface area contributed by atoms with Gasteiger partial charge in [0.1, 0.15) is 11.8 Å². The molecule has 6 heteroatoms. The second-order valence-electron chi connectivity index (χ2n) is 6.23. The Hall–Kier alpha value is -3.28. The highest BCUT2D eigenvalue weighted by atomic mass is 16.5. The van der Waals surface area contributed by atoms with Crippen molar-refractivity contribution < 1.29 is 19.1 Å². The molecule has 1 amide bonds. The third-order valence-corrected chi connectivity index (χ3v) is 4.51. The third-order valence-electron chi connectivity index (χ3n) is 4.51. The molecule has 6 nitrogen and oxygen atoms in total. The summed E-state index contributed by atoms with van der Waals surface area (Å²) < 4.78 is 9.84. The van der Waals surface area contributed by atoms with Gasteiger partial charge in [-0.2, -0.15) is 0 Å². The fraction of sp³-hybridized carbons (Fsp3) is 0.238. The van der Waals surface area contributed by atoms with Gasteiger partial charge in [0.15, 0.2) is 0 Å². The molecule has 2 aromatic rings. The van der Waals surface area contributed by atoms with Crippen molar-refractivity contribution in [3.8, 4) is 5.75 Å². The average molecular weight is 366 g/mol. The van der Waals surface area contributed by atoms with Gasteiger partial charge in [-0.05, 0) is 36.8 Å². The molecule has 1 fully saturated rings. The van der Waals surface area contributed by atoms with Crippen LogP contribution in [0.3, 0.4) is 0 Å². The number of amides is 1. The Labute approximate surface area is 158 Å². The molecule has 1 aliphatic rings. The first-order chi connectivity index (χ1) is 13.0. The van der Waals surface area contributed by atoms with E-state index in [1.807, 2.05) is 54.6 Å². The fourth-order valence-corrected chi connectivity index (χ4v) is 3.17. The molecule has 0 spiro atoms. The summed E-state index contributed by atoms with van der Waals surface area (Å²) in [5.41, 5.74) is 2.38. The third kappa shape index (κ3) is 3.79. The first-order valence-corrected chi connectivity index (χ1v) is 8.60. The maximum Gasteiger partial charge on any atom is 0.332 e. The number of nitrogens with zero attached hydrogens (tertiary/aromatic N) is 1. The summed E-state index contributed by atoms with van der Waals surface area (Å²) in [6.45, 7) is 1.74. The van der Waals surface area contributed by atoms with E-state index in [1.54, 1.807) is 18.9 Å². The molecule has 0 aliphatic carbocycles. The number of benzene rings is 2. The van der Waals surface area contributed by atoms with Crippen molar-refractivity contribution in [2.24, 2.45) is 0 Å². The Kier molecular flexibility index (Phi) is 5.45. The van der Waals surface area contributed by atoms with Crippen molar-refractivity contribution in [1.29, 1.82) is 0 Å². The quantitative estimate of drug-likeness (QED) is 0.484. The van der Waals surface area contributed by atoms with E-state index in [1.165, 1.54) is 13.2 Å². The summed E-state index contributed by atoms with van der Waals surface area (Å²) in [6.07, 6.45) is 1.34. The maximum absolute atomic E-state index is 12.9. The Balaban J connectivity index is 1.89. The van der Waals surface area contributed by atoms with Crippen LogP contribution in [0.5, 0.6) is 5.75 Å². The molecular weight excluding hydrogens is 344 g/mol. The van der Waals surface area contributed by atoms with Crippen molar-refractivity contribution in [1.82, 2.24) is 5.32 Å². The molecule has 1 aliphatic heterocycles. The minimum Gasteiger partial charge on any atom is -0.497 e. The molecule has 1 saturated heterocycles. The molecule has 1 N–H and O–H groups in total. The van der Waals surface area contributed by atoms with E-state index in [4.69, 9.17) is 4.74 Å². The summed E-state index contributed by atoms with van der Waals surface area (Å²) in [5, 5.41) is 3.15. The summed E-state index contributed by atoms with van der Waals surface area (Å²) in [4.78, 5) is 26.1. The Bertz CT molecular complexity index is 846. The lowest BCUT2D eigenvalue weighted by molar-refractivity contribution is -0.135. The Morgan fingerprint density at radius 2 is 1.74 bits per heavy atom. The largest absolute Gasteiger partial charge is 0.497 e. The predicted octanol–water partition coefficient (Wildman–Crippen LogP) is 2.82. The van der Waals surface area contributed by atoms with E-state index in [0.29, 0.717) is 5.70 Å². The van der Waals surface area contributed by atoms with Crippen molar-refractivity contribution in [2.45, 2.75) is 19.0 Å². The van der Waals surface area contributed by atoms with Crippen molar-refractivity contribution in [3.05, 3.63) is 71.9 Å². The van der Waals surface area contributed by atoms with Crippen molar-refractivity contribution in [2.75, 3.05) is 19.1 Å².